The molecule has 2 aromatic rings. The number of nitrogens with zero attached hydrogens (tertiary/aromatic N) is 2. The maximum absolute atomic E-state index is 15.0. The summed E-state index contributed by atoms with van der Waals surface area (Å²) in [5, 5.41) is 12.0. The Morgan fingerprint density at radius 1 is 1.02 bits per heavy atom. The molecule has 1 amide bonds. The van der Waals surface area contributed by atoms with E-state index in [1.807, 2.05) is 65.0 Å². The van der Waals surface area contributed by atoms with Crippen LogP contribution < -0.4 is 9.47 Å². The summed E-state index contributed by atoms with van der Waals surface area (Å²) >= 11 is 0. The first-order valence-electron chi connectivity index (χ1n) is 19.0. The highest BCUT2D eigenvalue weighted by molar-refractivity contribution is 6.19. The smallest absolute Gasteiger partial charge is 0.249 e. The first-order valence-corrected chi connectivity index (χ1v) is 19.0. The molecule has 1 spiro atoms. The second kappa shape index (κ2) is 13.2. The average molecular weight is 733 g/mol. The summed E-state index contributed by atoms with van der Waals surface area (Å²) in [6.45, 7) is 16.1. The molecule has 4 bridgehead atoms. The number of likely N-dealkylation sites (N-methyl/N-ethyl adjacent to an activating group) is 1. The second-order valence-corrected chi connectivity index (χ2v) is 16.9. The number of phenolic OH excluding ortho intramolecular Hbond substituents is 1. The number of aromatic hydroxyl groups is 1. The summed E-state index contributed by atoms with van der Waals surface area (Å²) in [5.74, 6) is -1.20. The molecule has 3 aliphatic carbocycles. The van der Waals surface area contributed by atoms with E-state index in [2.05, 4.69) is 31.0 Å². The Bertz CT molecular complexity index is 2100. The summed E-state index contributed by atoms with van der Waals surface area (Å²) in [6, 6.07) is 5.57. The maximum Gasteiger partial charge on any atom is 0.249 e. The molecule has 6 aliphatic rings. The fraction of sp³-hybridized carbons (Fsp3) is 0.467. The third kappa shape index (κ3) is 5.78. The molecule has 1 saturated heterocycles. The number of Topliss-reactive ketones (excluding diaryl/α,β-unsaturated/α-hetero) is 2. The van der Waals surface area contributed by atoms with Gasteiger partial charge in [-0.25, -0.2) is 0 Å². The number of hydrogen-bond donors (Lipinski definition) is 1. The van der Waals surface area contributed by atoms with Gasteiger partial charge in [0.25, 0.3) is 0 Å². The van der Waals surface area contributed by atoms with Crippen LogP contribution in [0.1, 0.15) is 108 Å². The quantitative estimate of drug-likeness (QED) is 0.192. The van der Waals surface area contributed by atoms with Crippen LogP contribution in [0.5, 0.6) is 17.2 Å². The Hall–Kier alpha value is -4.76. The Morgan fingerprint density at radius 3 is 2.44 bits per heavy atom. The molecule has 2 fully saturated rings. The van der Waals surface area contributed by atoms with Crippen LogP contribution in [0.4, 0.5) is 0 Å². The van der Waals surface area contributed by atoms with Crippen molar-refractivity contribution in [1.29, 1.82) is 0 Å². The molecule has 284 valence electrons. The number of phenols is 1. The summed E-state index contributed by atoms with van der Waals surface area (Å²) in [4.78, 5) is 49.3. The van der Waals surface area contributed by atoms with E-state index in [-0.39, 0.29) is 46.9 Å². The van der Waals surface area contributed by atoms with Gasteiger partial charge in [-0.3, -0.25) is 19.4 Å². The highest BCUT2D eigenvalue weighted by Gasteiger charge is 2.81. The van der Waals surface area contributed by atoms with E-state index in [0.717, 1.165) is 17.7 Å². The SMILES string of the molecule is CC(C)=CCCC1(C)C=Cc2c(O)c3c(c(CC=C(C)C)c2O1)OC12C(=CC4CC1C(C)(C)OC2(CC=C(C)C(=O)N(C)Cc1ccccn1)C4=O)C3=O. The molecule has 9 heteroatoms. The predicted octanol–water partition coefficient (Wildman–Crippen LogP) is 8.21. The number of fused-ring (bicyclic) bond motifs is 2. The Balaban J connectivity index is 1.35. The molecule has 54 heavy (non-hydrogen) atoms. The number of benzene rings is 1. The van der Waals surface area contributed by atoms with Gasteiger partial charge < -0.3 is 24.2 Å². The molecule has 9 nitrogen and oxygen atoms in total. The van der Waals surface area contributed by atoms with Gasteiger partial charge in [-0.15, -0.1) is 0 Å². The minimum Gasteiger partial charge on any atom is -0.506 e. The van der Waals surface area contributed by atoms with Crippen LogP contribution >= 0.6 is 0 Å². The largest absolute Gasteiger partial charge is 0.506 e. The number of carbonyl (C=O) groups is 3. The third-order valence-corrected chi connectivity index (χ3v) is 12.0. The van der Waals surface area contributed by atoms with Crippen molar-refractivity contribution in [2.24, 2.45) is 11.8 Å². The molecule has 1 aromatic carbocycles. The van der Waals surface area contributed by atoms with Crippen molar-refractivity contribution in [3.8, 4) is 17.2 Å². The van der Waals surface area contributed by atoms with Crippen molar-refractivity contribution in [3.63, 3.8) is 0 Å². The van der Waals surface area contributed by atoms with Crippen molar-refractivity contribution in [2.45, 2.75) is 116 Å². The van der Waals surface area contributed by atoms with Crippen LogP contribution in [-0.4, -0.2) is 61.9 Å². The molecule has 1 saturated carbocycles. The zero-order valence-electron chi connectivity index (χ0n) is 33.0. The minimum atomic E-state index is -1.60. The zero-order chi connectivity index (χ0) is 39.0. The Labute approximate surface area is 318 Å². The first kappa shape index (κ1) is 37.6. The molecule has 1 N–H and O–H groups in total. The van der Waals surface area contributed by atoms with Gasteiger partial charge in [-0.05, 0) is 105 Å². The van der Waals surface area contributed by atoms with Crippen molar-refractivity contribution >= 4 is 23.5 Å². The van der Waals surface area contributed by atoms with Gasteiger partial charge >= 0.3 is 0 Å². The van der Waals surface area contributed by atoms with Crippen molar-refractivity contribution in [1.82, 2.24) is 9.88 Å². The first-order chi connectivity index (χ1) is 25.4. The van der Waals surface area contributed by atoms with Gasteiger partial charge in [-0.1, -0.05) is 41.5 Å². The second-order valence-electron chi connectivity index (χ2n) is 16.9. The number of carbonyl (C=O) groups excluding carboxylic acids is 3. The number of ketones is 2. The van der Waals surface area contributed by atoms with E-state index in [1.54, 1.807) is 37.2 Å². The molecule has 5 unspecified atom stereocenters. The predicted molar refractivity (Wildman–Crippen MR) is 207 cm³/mol. The number of ether oxygens (including phenoxy) is 3. The van der Waals surface area contributed by atoms with Crippen LogP contribution in [-0.2, 0) is 27.3 Å². The molecule has 1 aromatic heterocycles. The van der Waals surface area contributed by atoms with Crippen molar-refractivity contribution < 1.29 is 33.7 Å². The molecule has 3 aliphatic heterocycles. The van der Waals surface area contributed by atoms with E-state index < -0.39 is 28.3 Å². The van der Waals surface area contributed by atoms with Gasteiger partial charge in [0.1, 0.15) is 28.4 Å². The normalized spacial score (nSPS) is 28.2. The monoisotopic (exact) mass is 732 g/mol. The Morgan fingerprint density at radius 2 is 1.76 bits per heavy atom. The highest BCUT2D eigenvalue weighted by Crippen LogP contribution is 2.68. The molecule has 5 atom stereocenters. The number of rotatable bonds is 10. The standard InChI is InChI=1S/C45H52N2O7/c1-26(2)13-12-19-43(8)20-18-31-36(48)35-37(49)33-23-29-24-34-42(6,7)54-44(40(29)50,21-17-28(5)41(51)47(9)25-30-14-10-11-22-46-30)45(33,34)53-39(35)32(38(31)52-43)16-15-27(3)4/h10-11,13-15,17-18,20,22-23,29,34,48H,12,16,19,21,24-25H2,1-9H3. The van der Waals surface area contributed by atoms with Gasteiger partial charge in [-0.2, -0.15) is 0 Å². The van der Waals surface area contributed by atoms with E-state index in [4.69, 9.17) is 14.2 Å². The summed E-state index contributed by atoms with van der Waals surface area (Å²) in [5.41, 5.74) is 0.356. The Kier molecular flexibility index (Phi) is 9.19. The van der Waals surface area contributed by atoms with Crippen molar-refractivity contribution in [2.75, 3.05) is 7.05 Å². The molecule has 4 heterocycles. The number of pyridine rings is 1. The third-order valence-electron chi connectivity index (χ3n) is 12.0. The van der Waals surface area contributed by atoms with Crippen LogP contribution in [0.2, 0.25) is 0 Å². The minimum absolute atomic E-state index is 0.0269. The average Bonchev–Trinajstić information content (AvgIpc) is 3.27. The number of aromatic nitrogens is 1. The van der Waals surface area contributed by atoms with E-state index in [0.29, 0.717) is 53.8 Å². The topological polar surface area (TPSA) is 115 Å². The fourth-order valence-electron chi connectivity index (χ4n) is 9.28. The number of hydrogen-bond acceptors (Lipinski definition) is 8. The van der Waals surface area contributed by atoms with Crippen molar-refractivity contribution in [3.05, 3.63) is 99.5 Å². The van der Waals surface area contributed by atoms with E-state index >= 15 is 4.79 Å². The van der Waals surface area contributed by atoms with Crippen LogP contribution in [0.15, 0.2) is 77.1 Å². The number of allylic oxidation sites excluding steroid dienone is 5. The summed E-state index contributed by atoms with van der Waals surface area (Å²) < 4.78 is 21.1. The van der Waals surface area contributed by atoms with Crippen LogP contribution in [0.3, 0.4) is 0 Å². The highest BCUT2D eigenvalue weighted by atomic mass is 16.6. The maximum atomic E-state index is 15.0. The number of amides is 1. The lowest BCUT2D eigenvalue weighted by Gasteiger charge is -2.56. The summed E-state index contributed by atoms with van der Waals surface area (Å²) in [6.07, 6.45) is 15.6. The lowest BCUT2D eigenvalue weighted by Crippen LogP contribution is -2.72. The van der Waals surface area contributed by atoms with Crippen LogP contribution in [0.25, 0.3) is 6.08 Å². The fourth-order valence-corrected chi connectivity index (χ4v) is 9.28. The van der Waals surface area contributed by atoms with E-state index in [1.165, 1.54) is 5.57 Å². The zero-order valence-corrected chi connectivity index (χ0v) is 33.0. The van der Waals surface area contributed by atoms with Gasteiger partial charge in [0.2, 0.25) is 5.91 Å². The summed E-state index contributed by atoms with van der Waals surface area (Å²) in [7, 11) is 1.72. The molecule has 8 rings (SSSR count). The van der Waals surface area contributed by atoms with Gasteiger partial charge in [0.15, 0.2) is 22.8 Å². The molecule has 0 radical (unpaired) electrons. The van der Waals surface area contributed by atoms with Crippen LogP contribution in [0, 0.1) is 11.8 Å². The van der Waals surface area contributed by atoms with Gasteiger partial charge in [0, 0.05) is 48.2 Å². The lowest BCUT2D eigenvalue weighted by atomic mass is 9.51. The lowest BCUT2D eigenvalue weighted by molar-refractivity contribution is -0.171. The molecular formula is C45H52N2O7. The van der Waals surface area contributed by atoms with Gasteiger partial charge in [0.05, 0.1) is 23.4 Å². The molecular weight excluding hydrogens is 681 g/mol. The van der Waals surface area contributed by atoms with E-state index in [9.17, 15) is 14.7 Å².